The zero-order valence-corrected chi connectivity index (χ0v) is 16.0. The van der Waals surface area contributed by atoms with Crippen LogP contribution in [-0.4, -0.2) is 36.6 Å². The van der Waals surface area contributed by atoms with Gasteiger partial charge in [-0.2, -0.15) is 0 Å². The number of rotatable bonds is 5. The van der Waals surface area contributed by atoms with Crippen LogP contribution in [0.3, 0.4) is 0 Å². The van der Waals surface area contributed by atoms with Gasteiger partial charge in [0.1, 0.15) is 5.82 Å². The highest BCUT2D eigenvalue weighted by Crippen LogP contribution is 2.28. The summed E-state index contributed by atoms with van der Waals surface area (Å²) in [6.07, 6.45) is 5.68. The molecule has 7 heteroatoms. The van der Waals surface area contributed by atoms with Crippen molar-refractivity contribution in [3.8, 4) is 0 Å². The molecule has 2 N–H and O–H groups in total. The van der Waals surface area contributed by atoms with Crippen molar-refractivity contribution in [2.75, 3.05) is 26.0 Å². The number of nitrogens with zero attached hydrogens (tertiary/aromatic N) is 2. The Bertz CT molecular complexity index is 721. The molecule has 1 aromatic carbocycles. The molecule has 0 aliphatic heterocycles. The Morgan fingerprint density at radius 2 is 1.96 bits per heavy atom. The Balaban J connectivity index is 1.58. The zero-order chi connectivity index (χ0) is 18.5. The Kier molecular flexibility index (Phi) is 6.21. The van der Waals surface area contributed by atoms with E-state index in [0.717, 1.165) is 24.1 Å². The fourth-order valence-corrected chi connectivity index (χ4v) is 4.24. The lowest BCUT2D eigenvalue weighted by atomic mass is 10.1. The maximum Gasteiger partial charge on any atom is 0.321 e. The number of carbonyl (C=O) groups excluding carboxylic acids is 1. The molecule has 3 rings (SSSR count). The van der Waals surface area contributed by atoms with Gasteiger partial charge in [0.25, 0.3) is 0 Å². The molecule has 0 radical (unpaired) electrons. The minimum Gasteiger partial charge on any atom is -0.336 e. The quantitative estimate of drug-likeness (QED) is 0.776. The van der Waals surface area contributed by atoms with Crippen LogP contribution in [0.5, 0.6) is 0 Å². The van der Waals surface area contributed by atoms with Crippen LogP contribution in [0.25, 0.3) is 0 Å². The molecule has 140 valence electrons. The topological polar surface area (TPSA) is 57.3 Å². The van der Waals surface area contributed by atoms with Crippen LogP contribution in [0.15, 0.2) is 24.3 Å². The van der Waals surface area contributed by atoms with E-state index in [4.69, 9.17) is 0 Å². The monoisotopic (exact) mass is 376 g/mol. The SMILES string of the molecule is CN(C)C(CNC(=O)Nc1nc2c(s1)CCCCC2)c1ccc(F)cc1. The first-order chi connectivity index (χ1) is 12.5. The molecule has 1 heterocycles. The van der Waals surface area contributed by atoms with Gasteiger partial charge in [0.2, 0.25) is 0 Å². The third kappa shape index (κ3) is 4.80. The molecular formula is C19H25FN4OS. The number of urea groups is 1. The smallest absolute Gasteiger partial charge is 0.321 e. The number of fused-ring (bicyclic) bond motifs is 1. The van der Waals surface area contributed by atoms with Gasteiger partial charge in [-0.3, -0.25) is 5.32 Å². The van der Waals surface area contributed by atoms with Crippen LogP contribution < -0.4 is 10.6 Å². The molecule has 5 nitrogen and oxygen atoms in total. The average Bonchev–Trinajstić information content (AvgIpc) is 2.84. The van der Waals surface area contributed by atoms with Crippen molar-refractivity contribution in [3.63, 3.8) is 0 Å². The Morgan fingerprint density at radius 1 is 1.23 bits per heavy atom. The summed E-state index contributed by atoms with van der Waals surface area (Å²) in [6, 6.07) is 6.08. The van der Waals surface area contributed by atoms with Crippen LogP contribution in [0.1, 0.15) is 41.4 Å². The molecule has 26 heavy (non-hydrogen) atoms. The lowest BCUT2D eigenvalue weighted by Gasteiger charge is -2.25. The van der Waals surface area contributed by atoms with Crippen LogP contribution >= 0.6 is 11.3 Å². The van der Waals surface area contributed by atoms with Crippen molar-refractivity contribution in [1.29, 1.82) is 0 Å². The molecule has 0 spiro atoms. The summed E-state index contributed by atoms with van der Waals surface area (Å²) in [5.41, 5.74) is 2.10. The summed E-state index contributed by atoms with van der Waals surface area (Å²) in [5.74, 6) is -0.263. The normalized spacial score (nSPS) is 15.2. The van der Waals surface area contributed by atoms with Crippen LogP contribution in [-0.2, 0) is 12.8 Å². The van der Waals surface area contributed by atoms with E-state index < -0.39 is 0 Å². The molecule has 0 saturated carbocycles. The molecule has 0 fully saturated rings. The van der Waals surface area contributed by atoms with Crippen molar-refractivity contribution in [2.24, 2.45) is 0 Å². The van der Waals surface area contributed by atoms with Gasteiger partial charge in [-0.25, -0.2) is 14.2 Å². The van der Waals surface area contributed by atoms with E-state index in [1.165, 1.54) is 36.3 Å². The molecule has 2 aromatic rings. The summed E-state index contributed by atoms with van der Waals surface area (Å²) in [7, 11) is 3.87. The van der Waals surface area contributed by atoms with Crippen LogP contribution in [0, 0.1) is 5.82 Å². The molecule has 1 atom stereocenters. The third-order valence-electron chi connectivity index (χ3n) is 4.65. The van der Waals surface area contributed by atoms with E-state index in [2.05, 4.69) is 15.6 Å². The predicted molar refractivity (Wildman–Crippen MR) is 103 cm³/mol. The highest BCUT2D eigenvalue weighted by molar-refractivity contribution is 7.15. The lowest BCUT2D eigenvalue weighted by molar-refractivity contribution is 0.243. The summed E-state index contributed by atoms with van der Waals surface area (Å²) in [6.45, 7) is 0.426. The van der Waals surface area contributed by atoms with Crippen molar-refractivity contribution >= 4 is 22.5 Å². The predicted octanol–water partition coefficient (Wildman–Crippen LogP) is 3.98. The number of aromatic nitrogens is 1. The fraction of sp³-hybridized carbons (Fsp3) is 0.474. The number of hydrogen-bond donors (Lipinski definition) is 2. The van der Waals surface area contributed by atoms with Gasteiger partial charge >= 0.3 is 6.03 Å². The van der Waals surface area contributed by atoms with E-state index >= 15 is 0 Å². The molecule has 1 aliphatic carbocycles. The van der Waals surface area contributed by atoms with Gasteiger partial charge in [0.15, 0.2) is 5.13 Å². The number of carbonyl (C=O) groups is 1. The van der Waals surface area contributed by atoms with Gasteiger partial charge in [-0.05, 0) is 57.5 Å². The number of aryl methyl sites for hydroxylation is 2. The van der Waals surface area contributed by atoms with Crippen LogP contribution in [0.2, 0.25) is 0 Å². The average molecular weight is 377 g/mol. The minimum atomic E-state index is -0.263. The highest BCUT2D eigenvalue weighted by Gasteiger charge is 2.18. The summed E-state index contributed by atoms with van der Waals surface area (Å²) < 4.78 is 13.1. The van der Waals surface area contributed by atoms with Crippen molar-refractivity contribution in [3.05, 3.63) is 46.2 Å². The molecule has 1 aliphatic rings. The van der Waals surface area contributed by atoms with E-state index in [1.807, 2.05) is 19.0 Å². The third-order valence-corrected chi connectivity index (χ3v) is 5.72. The Hall–Kier alpha value is -1.99. The van der Waals surface area contributed by atoms with Crippen molar-refractivity contribution < 1.29 is 9.18 Å². The second kappa shape index (κ2) is 8.60. The fourth-order valence-electron chi connectivity index (χ4n) is 3.20. The second-order valence-electron chi connectivity index (χ2n) is 6.82. The van der Waals surface area contributed by atoms with Gasteiger partial charge < -0.3 is 10.2 Å². The number of benzene rings is 1. The first-order valence-corrected chi connectivity index (χ1v) is 9.80. The van der Waals surface area contributed by atoms with Crippen molar-refractivity contribution in [2.45, 2.75) is 38.1 Å². The molecule has 1 aromatic heterocycles. The molecule has 0 bridgehead atoms. The number of likely N-dealkylation sites (N-methyl/N-ethyl adjacent to an activating group) is 1. The van der Waals surface area contributed by atoms with E-state index in [0.29, 0.717) is 11.7 Å². The second-order valence-corrected chi connectivity index (χ2v) is 7.90. The maximum absolute atomic E-state index is 13.1. The number of nitrogens with one attached hydrogen (secondary N) is 2. The molecule has 0 saturated heterocycles. The largest absolute Gasteiger partial charge is 0.336 e. The summed E-state index contributed by atoms with van der Waals surface area (Å²) in [5, 5.41) is 6.42. The molecule has 1 unspecified atom stereocenters. The standard InChI is InChI=1S/C19H25FN4OS/c1-24(2)16(13-8-10-14(20)11-9-13)12-21-18(25)23-19-22-15-6-4-3-5-7-17(15)26-19/h8-11,16H,3-7,12H2,1-2H3,(H2,21,22,23,25). The van der Waals surface area contributed by atoms with Crippen LogP contribution in [0.4, 0.5) is 14.3 Å². The van der Waals surface area contributed by atoms with E-state index in [9.17, 15) is 9.18 Å². The highest BCUT2D eigenvalue weighted by atomic mass is 32.1. The van der Waals surface area contributed by atoms with E-state index in [1.54, 1.807) is 23.5 Å². The number of anilines is 1. The summed E-state index contributed by atoms with van der Waals surface area (Å²) >= 11 is 1.58. The zero-order valence-electron chi connectivity index (χ0n) is 15.2. The lowest BCUT2D eigenvalue weighted by Crippen LogP contribution is -2.36. The first kappa shape index (κ1) is 18.8. The Labute approximate surface area is 157 Å². The number of thiazole rings is 1. The maximum atomic E-state index is 13.1. The summed E-state index contributed by atoms with van der Waals surface area (Å²) in [4.78, 5) is 20.1. The van der Waals surface area contributed by atoms with Gasteiger partial charge in [0, 0.05) is 11.4 Å². The van der Waals surface area contributed by atoms with E-state index in [-0.39, 0.29) is 17.9 Å². The molecule has 2 amide bonds. The number of hydrogen-bond acceptors (Lipinski definition) is 4. The number of amides is 2. The van der Waals surface area contributed by atoms with Gasteiger partial charge in [-0.1, -0.05) is 18.6 Å². The minimum absolute atomic E-state index is 0.0330. The van der Waals surface area contributed by atoms with Gasteiger partial charge in [0.05, 0.1) is 11.7 Å². The molecular weight excluding hydrogens is 351 g/mol. The van der Waals surface area contributed by atoms with Gasteiger partial charge in [-0.15, -0.1) is 11.3 Å². The number of halogens is 1. The first-order valence-electron chi connectivity index (χ1n) is 8.98. The van der Waals surface area contributed by atoms with Crippen molar-refractivity contribution in [1.82, 2.24) is 15.2 Å². The Morgan fingerprint density at radius 3 is 2.69 bits per heavy atom.